The molecule has 0 bridgehead atoms. The first-order chi connectivity index (χ1) is 63.3. The molecule has 12 nitrogen and oxygen atoms in total. The predicted octanol–water partition coefficient (Wildman–Crippen LogP) is 29.9. The van der Waals surface area contributed by atoms with E-state index in [0.717, 1.165) is 139 Å². The largest absolute Gasteiger partial charge is 0.309 e. The molecular weight excluding hydrogens is 1560 g/mol. The first-order valence-corrected chi connectivity index (χ1v) is 42.6. The minimum absolute atomic E-state index is 0.513. The van der Waals surface area contributed by atoms with E-state index in [1.54, 1.807) is 0 Å². The average molecular weight is 1630 g/mol. The van der Waals surface area contributed by atoms with Crippen molar-refractivity contribution < 1.29 is 0 Å². The molecule has 24 aromatic rings. The van der Waals surface area contributed by atoms with Crippen LogP contribution in [0.5, 0.6) is 0 Å². The van der Waals surface area contributed by atoms with E-state index < -0.39 is 0 Å². The molecule has 0 atom stereocenters. The van der Waals surface area contributed by atoms with Gasteiger partial charge in [-0.2, -0.15) is 0 Å². The van der Waals surface area contributed by atoms with Crippen LogP contribution in [0.15, 0.2) is 437 Å². The van der Waals surface area contributed by atoms with E-state index in [0.29, 0.717) is 46.3 Å². The Balaban J connectivity index is 0.000000146. The fourth-order valence-electron chi connectivity index (χ4n) is 18.3. The van der Waals surface area contributed by atoms with Gasteiger partial charge in [0.15, 0.2) is 46.3 Å². The van der Waals surface area contributed by atoms with Crippen molar-refractivity contribution >= 4 is 98.6 Å². The maximum Gasteiger partial charge on any atom is 0.194 e. The molecule has 0 aliphatic carbocycles. The van der Waals surface area contributed by atoms with Gasteiger partial charge in [-0.3, -0.25) is 0 Å². The van der Waals surface area contributed by atoms with Crippen LogP contribution in [0.3, 0.4) is 0 Å². The van der Waals surface area contributed by atoms with Crippen molar-refractivity contribution in [2.75, 3.05) is 0 Å². The molecule has 0 saturated heterocycles. The molecule has 0 saturated carbocycles. The van der Waals surface area contributed by atoms with Gasteiger partial charge in [0.05, 0.1) is 57.3 Å². The smallest absolute Gasteiger partial charge is 0.194 e. The highest BCUT2D eigenvalue weighted by Crippen LogP contribution is 2.45. The number of fused-ring (bicyclic) bond motifs is 12. The maximum absolute atomic E-state index is 8.18. The van der Waals surface area contributed by atoms with Gasteiger partial charge in [0, 0.05) is 99.2 Å². The summed E-state index contributed by atoms with van der Waals surface area (Å²) in [6.45, 7) is 16.3. The number of nitrogens with zero attached hydrogens (tertiary/aromatic N) is 12. The fourth-order valence-corrected chi connectivity index (χ4v) is 18.3. The maximum atomic E-state index is 8.18. The summed E-state index contributed by atoms with van der Waals surface area (Å²) in [5.74, 6) is 3.40. The number of rotatable bonds is 14. The molecule has 0 spiro atoms. The zero-order chi connectivity index (χ0) is 85.1. The van der Waals surface area contributed by atoms with E-state index in [9.17, 15) is 0 Å². The van der Waals surface area contributed by atoms with E-state index in [2.05, 4.69) is 313 Å². The normalized spacial score (nSPS) is 11.4. The Kier molecular flexibility index (Phi) is 18.7. The second-order valence-corrected chi connectivity index (χ2v) is 31.9. The Bertz CT molecular complexity index is 8430. The van der Waals surface area contributed by atoms with Crippen LogP contribution in [-0.2, 0) is 0 Å². The zero-order valence-corrected chi connectivity index (χ0v) is 68.9. The summed E-state index contributed by atoms with van der Waals surface area (Å²) in [6.07, 6.45) is 0. The summed E-state index contributed by atoms with van der Waals surface area (Å²) in [5.41, 5.74) is 28.2. The van der Waals surface area contributed by atoms with Crippen molar-refractivity contribution in [3.8, 4) is 136 Å². The Morgan fingerprint density at radius 3 is 0.852 bits per heavy atom. The molecule has 0 radical (unpaired) electrons. The highest BCUT2D eigenvalue weighted by molar-refractivity contribution is 6.14. The molecule has 0 aliphatic heterocycles. The second kappa shape index (κ2) is 31.9. The standard InChI is InChI=1S/2C58H36N6/c1-59-51-32-27-43(58-61-56(39-15-5-2-6-16-39)60-57(62-58)40-17-7-3-8-18-40)37-48(51)42-29-34-55-50(36-42)47-22-12-14-24-53(47)64(55)45-30-25-38(26-31-45)41-28-33-54-49(35-41)46-21-11-13-23-52(46)63(54)44-19-9-4-10-20-44;1-59-45-34-43(33-44(35-45)58-61-56(39-15-5-2-6-16-39)60-57(62-58)40-17-7-3-8-18-40)41-28-32-54-51(36-41)49-22-12-14-24-53(49)63(54)47-29-25-38(26-30-47)42-27-31-50-48-21-11-13-23-52(48)64(55(50)37-42)46-19-9-4-10-20-46/h2*2-37H. The Labute approximate surface area is 737 Å². The summed E-state index contributed by atoms with van der Waals surface area (Å²) in [7, 11) is 0. The first-order valence-electron chi connectivity index (χ1n) is 42.6. The molecule has 6 heterocycles. The van der Waals surface area contributed by atoms with Crippen molar-refractivity contribution in [2.45, 2.75) is 0 Å². The van der Waals surface area contributed by atoms with Gasteiger partial charge in [-0.25, -0.2) is 39.6 Å². The van der Waals surface area contributed by atoms with E-state index >= 15 is 0 Å². The SMILES string of the molecule is [C-]#[N+]c1cc(-c2ccc3c(c2)c2ccccc2n3-c2ccc(-c3ccc4c5ccccc5n(-c5ccccc5)c4c3)cc2)cc(-c2nc(-c3ccccc3)nc(-c3ccccc3)n2)c1.[C-]#[N+]c1ccc(-c2nc(-c3ccccc3)nc(-c3ccccc3)n2)cc1-c1ccc2c(c1)c1ccccc1n2-c1ccc(-c2ccc3c(c2)c2ccccc2n3-c2ccccc2)cc1. The van der Waals surface area contributed by atoms with Crippen molar-refractivity contribution in [2.24, 2.45) is 0 Å². The number of para-hydroxylation sites is 6. The predicted molar refractivity (Wildman–Crippen MR) is 524 cm³/mol. The molecule has 18 aromatic carbocycles. The van der Waals surface area contributed by atoms with Crippen LogP contribution in [0.4, 0.5) is 11.4 Å². The molecule has 24 rings (SSSR count). The highest BCUT2D eigenvalue weighted by atomic mass is 15.1. The molecule has 0 N–H and O–H groups in total. The summed E-state index contributed by atoms with van der Waals surface area (Å²) in [5, 5.41) is 9.48. The van der Waals surface area contributed by atoms with Crippen LogP contribution >= 0.6 is 0 Å². The molecule has 0 aliphatic rings. The lowest BCUT2D eigenvalue weighted by Crippen LogP contribution is -2.00. The van der Waals surface area contributed by atoms with Crippen molar-refractivity contribution in [1.82, 2.24) is 48.2 Å². The lowest BCUT2D eigenvalue weighted by atomic mass is 9.98. The van der Waals surface area contributed by atoms with Crippen molar-refractivity contribution in [3.63, 3.8) is 0 Å². The van der Waals surface area contributed by atoms with Gasteiger partial charge in [0.25, 0.3) is 0 Å². The molecule has 0 unspecified atom stereocenters. The molecular formula is C116H72N12. The Morgan fingerprint density at radius 1 is 0.164 bits per heavy atom. The molecule has 6 aromatic heterocycles. The Morgan fingerprint density at radius 2 is 0.445 bits per heavy atom. The second-order valence-electron chi connectivity index (χ2n) is 31.9. The molecule has 596 valence electrons. The van der Waals surface area contributed by atoms with Gasteiger partial charge in [-0.15, -0.1) is 0 Å². The topological polar surface area (TPSA) is 106 Å². The van der Waals surface area contributed by atoms with Gasteiger partial charge in [-0.1, -0.05) is 303 Å². The van der Waals surface area contributed by atoms with Crippen LogP contribution in [0, 0.1) is 13.1 Å². The van der Waals surface area contributed by atoms with E-state index in [1.807, 2.05) is 152 Å². The summed E-state index contributed by atoms with van der Waals surface area (Å²) in [4.78, 5) is 37.5. The molecule has 0 fully saturated rings. The van der Waals surface area contributed by atoms with Crippen LogP contribution in [-0.4, -0.2) is 48.2 Å². The quantitative estimate of drug-likeness (QED) is 0.100. The molecule has 0 amide bonds. The van der Waals surface area contributed by atoms with Crippen molar-refractivity contribution in [3.05, 3.63) is 460 Å². The third-order valence-electron chi connectivity index (χ3n) is 24.4. The molecule has 12 heteroatoms. The lowest BCUT2D eigenvalue weighted by Gasteiger charge is -2.12. The van der Waals surface area contributed by atoms with E-state index in [-0.39, 0.29) is 0 Å². The number of hydrogen-bond donors (Lipinski definition) is 0. The zero-order valence-electron chi connectivity index (χ0n) is 68.9. The van der Waals surface area contributed by atoms with Crippen LogP contribution in [0.1, 0.15) is 0 Å². The van der Waals surface area contributed by atoms with Gasteiger partial charge < -0.3 is 18.3 Å². The fraction of sp³-hybridized carbons (Fsp3) is 0. The lowest BCUT2D eigenvalue weighted by molar-refractivity contribution is 1.07. The highest BCUT2D eigenvalue weighted by Gasteiger charge is 2.23. The minimum atomic E-state index is 0.513. The Hall–Kier alpha value is -17.8. The van der Waals surface area contributed by atoms with Gasteiger partial charge in [-0.05, 0) is 178 Å². The number of hydrogen-bond acceptors (Lipinski definition) is 6. The van der Waals surface area contributed by atoms with Gasteiger partial charge in [0.2, 0.25) is 0 Å². The van der Waals surface area contributed by atoms with E-state index in [4.69, 9.17) is 43.0 Å². The number of aromatic nitrogens is 10. The van der Waals surface area contributed by atoms with Crippen LogP contribution in [0.2, 0.25) is 0 Å². The number of benzene rings is 18. The summed E-state index contributed by atoms with van der Waals surface area (Å²) < 4.78 is 9.39. The average Bonchev–Trinajstić information content (AvgIpc) is 1.58. The summed E-state index contributed by atoms with van der Waals surface area (Å²) in [6, 6.07) is 152. The first kappa shape index (κ1) is 75.2. The minimum Gasteiger partial charge on any atom is -0.309 e. The van der Waals surface area contributed by atoms with Gasteiger partial charge >= 0.3 is 0 Å². The van der Waals surface area contributed by atoms with E-state index in [1.165, 1.54) is 49.2 Å². The van der Waals surface area contributed by atoms with Crippen molar-refractivity contribution in [1.29, 1.82) is 0 Å². The summed E-state index contributed by atoms with van der Waals surface area (Å²) >= 11 is 0. The monoisotopic (exact) mass is 1630 g/mol. The van der Waals surface area contributed by atoms with Gasteiger partial charge in [0.1, 0.15) is 0 Å². The van der Waals surface area contributed by atoms with Crippen LogP contribution < -0.4 is 0 Å². The third kappa shape index (κ3) is 13.5. The third-order valence-corrected chi connectivity index (χ3v) is 24.4. The molecule has 128 heavy (non-hydrogen) atoms. The van der Waals surface area contributed by atoms with Crippen LogP contribution in [0.25, 0.3) is 232 Å².